The summed E-state index contributed by atoms with van der Waals surface area (Å²) in [6.07, 6.45) is 0.415. The molecule has 2 aliphatic carbocycles. The normalized spacial score (nSPS) is 21.0. The number of carbonyl (C=O) groups is 1. The molecule has 1 unspecified atom stereocenters. The van der Waals surface area contributed by atoms with Gasteiger partial charge in [0, 0.05) is 18.8 Å². The summed E-state index contributed by atoms with van der Waals surface area (Å²) in [7, 11) is 0. The SMILES string of the molecule is CC(C)c1ccnc(-c2nc3nc(C(N)=NC(=O)O)nc(NC(C)C4CCC4)c3n2CC2CCC(C(F)(F)F)CC2)c1. The number of pyridine rings is 1. The van der Waals surface area contributed by atoms with Crippen molar-refractivity contribution in [2.45, 2.75) is 90.4 Å². The van der Waals surface area contributed by atoms with E-state index in [4.69, 9.17) is 15.8 Å². The third kappa shape index (κ3) is 6.34. The lowest BCUT2D eigenvalue weighted by molar-refractivity contribution is -0.184. The molecule has 1 atom stereocenters. The van der Waals surface area contributed by atoms with Crippen molar-refractivity contribution < 1.29 is 23.1 Å². The van der Waals surface area contributed by atoms with E-state index in [1.165, 1.54) is 0 Å². The van der Waals surface area contributed by atoms with E-state index >= 15 is 0 Å². The maximum absolute atomic E-state index is 13.4. The van der Waals surface area contributed by atoms with Gasteiger partial charge in [-0.15, -0.1) is 0 Å². The molecule has 10 nitrogen and oxygen atoms in total. The number of aliphatic imine (C=N–C) groups is 1. The number of halogens is 3. The van der Waals surface area contributed by atoms with Gasteiger partial charge in [0.05, 0.1) is 5.92 Å². The molecule has 4 N–H and O–H groups in total. The van der Waals surface area contributed by atoms with Crippen LogP contribution < -0.4 is 11.1 Å². The highest BCUT2D eigenvalue weighted by atomic mass is 19.4. The Kier molecular flexibility index (Phi) is 8.38. The minimum atomic E-state index is -4.19. The van der Waals surface area contributed by atoms with E-state index in [9.17, 15) is 18.0 Å². The molecule has 42 heavy (non-hydrogen) atoms. The Hall–Kier alpha value is -3.77. The van der Waals surface area contributed by atoms with E-state index in [0.717, 1.165) is 24.8 Å². The van der Waals surface area contributed by atoms with Crippen LogP contribution in [0.2, 0.25) is 0 Å². The van der Waals surface area contributed by atoms with Gasteiger partial charge in [-0.05, 0) is 80.9 Å². The standard InChI is InChI=1S/C29H37F3N8O2/c1-15(2)19-11-12-34-21(13-19)27-39-25-22(40(27)14-17-7-9-20(10-8-17)29(30,31)32)24(35-16(3)18-5-4-6-18)37-26(38-25)23(33)36-28(41)42/h11-13,15-18,20H,4-10,14H2,1-3H3,(H2,33,36)(H,41,42)(H,35,37,38). The van der Waals surface area contributed by atoms with E-state index in [-0.39, 0.29) is 48.0 Å². The van der Waals surface area contributed by atoms with Gasteiger partial charge in [-0.2, -0.15) is 18.2 Å². The molecular weight excluding hydrogens is 549 g/mol. The molecule has 226 valence electrons. The first-order chi connectivity index (χ1) is 19.9. The van der Waals surface area contributed by atoms with Gasteiger partial charge in [-0.3, -0.25) is 4.98 Å². The summed E-state index contributed by atoms with van der Waals surface area (Å²) in [5.41, 5.74) is 8.50. The molecule has 3 aromatic rings. The Morgan fingerprint density at radius 3 is 2.45 bits per heavy atom. The zero-order chi connectivity index (χ0) is 30.2. The molecule has 0 bridgehead atoms. The molecule has 3 aromatic heterocycles. The molecule has 5 rings (SSSR count). The molecule has 2 fully saturated rings. The number of fused-ring (bicyclic) bond motifs is 1. The quantitative estimate of drug-likeness (QED) is 0.204. The lowest BCUT2D eigenvalue weighted by Crippen LogP contribution is -2.32. The Morgan fingerprint density at radius 2 is 1.86 bits per heavy atom. The number of hydrogen-bond donors (Lipinski definition) is 3. The Bertz CT molecular complexity index is 1470. The molecule has 0 spiro atoms. The zero-order valence-corrected chi connectivity index (χ0v) is 24.0. The zero-order valence-electron chi connectivity index (χ0n) is 24.0. The first-order valence-electron chi connectivity index (χ1n) is 14.6. The summed E-state index contributed by atoms with van der Waals surface area (Å²) in [4.78, 5) is 33.2. The number of alkyl halides is 3. The molecule has 0 aromatic carbocycles. The van der Waals surface area contributed by atoms with Crippen molar-refractivity contribution in [2.75, 3.05) is 5.32 Å². The number of imidazole rings is 1. The van der Waals surface area contributed by atoms with Gasteiger partial charge < -0.3 is 20.7 Å². The van der Waals surface area contributed by atoms with Crippen LogP contribution in [0.25, 0.3) is 22.7 Å². The van der Waals surface area contributed by atoms with Gasteiger partial charge >= 0.3 is 12.3 Å². The molecule has 0 aliphatic heterocycles. The van der Waals surface area contributed by atoms with Crippen LogP contribution in [-0.2, 0) is 6.54 Å². The highest BCUT2D eigenvalue weighted by Gasteiger charge is 2.41. The van der Waals surface area contributed by atoms with E-state index in [0.29, 0.717) is 48.2 Å². The Labute approximate surface area is 242 Å². The fraction of sp³-hybridized carbons (Fsp3) is 0.586. The van der Waals surface area contributed by atoms with Gasteiger partial charge in [-0.1, -0.05) is 20.3 Å². The largest absolute Gasteiger partial charge is 0.463 e. The van der Waals surface area contributed by atoms with Crippen LogP contribution in [0, 0.1) is 17.8 Å². The first kappa shape index (κ1) is 29.7. The van der Waals surface area contributed by atoms with Crippen molar-refractivity contribution in [3.05, 3.63) is 29.7 Å². The Balaban J connectivity index is 1.64. The van der Waals surface area contributed by atoms with Crippen molar-refractivity contribution in [3.8, 4) is 11.5 Å². The van der Waals surface area contributed by atoms with Crippen LogP contribution in [0.15, 0.2) is 23.3 Å². The van der Waals surface area contributed by atoms with E-state index < -0.39 is 18.2 Å². The van der Waals surface area contributed by atoms with Gasteiger partial charge in [0.25, 0.3) is 0 Å². The number of nitrogens with one attached hydrogen (secondary N) is 1. The number of anilines is 1. The number of nitrogens with two attached hydrogens (primary N) is 1. The molecule has 0 saturated heterocycles. The second kappa shape index (κ2) is 11.8. The number of rotatable bonds is 8. The molecule has 3 heterocycles. The molecule has 13 heteroatoms. The van der Waals surface area contributed by atoms with Crippen molar-refractivity contribution in [3.63, 3.8) is 0 Å². The average molecular weight is 587 g/mol. The number of carboxylic acid groups (broad SMARTS) is 1. The van der Waals surface area contributed by atoms with Crippen molar-refractivity contribution in [1.29, 1.82) is 0 Å². The van der Waals surface area contributed by atoms with E-state index in [2.05, 4.69) is 46.0 Å². The topological polar surface area (TPSA) is 144 Å². The minimum Gasteiger partial charge on any atom is -0.463 e. The van der Waals surface area contributed by atoms with Crippen LogP contribution in [0.5, 0.6) is 0 Å². The predicted octanol–water partition coefficient (Wildman–Crippen LogP) is 6.36. The second-order valence-corrected chi connectivity index (χ2v) is 11.9. The summed E-state index contributed by atoms with van der Waals surface area (Å²) in [6, 6.07) is 3.95. The monoisotopic (exact) mass is 586 g/mol. The minimum absolute atomic E-state index is 0.0109. The lowest BCUT2D eigenvalue weighted by atomic mass is 9.80. The van der Waals surface area contributed by atoms with Crippen LogP contribution in [0.3, 0.4) is 0 Å². The fourth-order valence-electron chi connectivity index (χ4n) is 5.91. The maximum Gasteiger partial charge on any atom is 0.433 e. The van der Waals surface area contributed by atoms with Gasteiger partial charge in [0.15, 0.2) is 28.9 Å². The van der Waals surface area contributed by atoms with Gasteiger partial charge in [0.2, 0.25) is 0 Å². The van der Waals surface area contributed by atoms with E-state index in [1.807, 2.05) is 16.7 Å². The number of amides is 1. The highest BCUT2D eigenvalue weighted by molar-refractivity contribution is 6.01. The van der Waals surface area contributed by atoms with Crippen molar-refractivity contribution in [1.82, 2.24) is 24.5 Å². The van der Waals surface area contributed by atoms with Crippen LogP contribution in [-0.4, -0.2) is 53.8 Å². The number of hydrogen-bond acceptors (Lipinski definition) is 6. The van der Waals surface area contributed by atoms with Crippen LogP contribution >= 0.6 is 0 Å². The van der Waals surface area contributed by atoms with Gasteiger partial charge in [0.1, 0.15) is 11.2 Å². The summed E-state index contributed by atoms with van der Waals surface area (Å²) >= 11 is 0. The van der Waals surface area contributed by atoms with Gasteiger partial charge in [-0.25, -0.2) is 19.7 Å². The van der Waals surface area contributed by atoms with Crippen LogP contribution in [0.4, 0.5) is 23.8 Å². The highest BCUT2D eigenvalue weighted by Crippen LogP contribution is 2.41. The van der Waals surface area contributed by atoms with E-state index in [1.54, 1.807) is 6.20 Å². The smallest absolute Gasteiger partial charge is 0.433 e. The molecule has 1 amide bonds. The maximum atomic E-state index is 13.4. The predicted molar refractivity (Wildman–Crippen MR) is 153 cm³/mol. The third-order valence-corrected chi connectivity index (χ3v) is 8.70. The van der Waals surface area contributed by atoms with Crippen LogP contribution in [0.1, 0.15) is 83.0 Å². The average Bonchev–Trinajstić information content (AvgIpc) is 3.25. The summed E-state index contributed by atoms with van der Waals surface area (Å²) in [6.45, 7) is 6.64. The Morgan fingerprint density at radius 1 is 1.14 bits per heavy atom. The fourth-order valence-corrected chi connectivity index (χ4v) is 5.91. The number of amidine groups is 1. The summed E-state index contributed by atoms with van der Waals surface area (Å²) < 4.78 is 42.1. The van der Waals surface area contributed by atoms with Crippen molar-refractivity contribution in [2.24, 2.45) is 28.5 Å². The second-order valence-electron chi connectivity index (χ2n) is 11.9. The number of aromatic nitrogens is 5. The van der Waals surface area contributed by atoms with Crippen molar-refractivity contribution >= 4 is 28.9 Å². The number of nitrogens with zero attached hydrogens (tertiary/aromatic N) is 6. The summed E-state index contributed by atoms with van der Waals surface area (Å²) in [5.74, 6) is -0.0826. The third-order valence-electron chi connectivity index (χ3n) is 8.70. The molecule has 2 saturated carbocycles. The molecular formula is C29H37F3N8O2. The first-order valence-corrected chi connectivity index (χ1v) is 14.6. The molecule has 0 radical (unpaired) electrons. The lowest BCUT2D eigenvalue weighted by Gasteiger charge is -2.32. The summed E-state index contributed by atoms with van der Waals surface area (Å²) in [5, 5.41) is 12.7. The molecule has 2 aliphatic rings.